The van der Waals surface area contributed by atoms with E-state index in [1.165, 1.54) is 0 Å². The molecule has 0 saturated carbocycles. The Labute approximate surface area is 119 Å². The molecule has 0 fully saturated rings. The number of amides is 1. The third-order valence-corrected chi connectivity index (χ3v) is 3.78. The third kappa shape index (κ3) is 6.64. The number of aliphatic hydroxyl groups is 1. The zero-order chi connectivity index (χ0) is 14.1. The number of thioether (sulfide) groups is 1. The first-order valence-corrected chi connectivity index (χ1v) is 7.82. The van der Waals surface area contributed by atoms with Gasteiger partial charge < -0.3 is 10.4 Å². The Balaban J connectivity index is 2.33. The second-order valence-electron chi connectivity index (χ2n) is 4.95. The topological polar surface area (TPSA) is 49.3 Å². The van der Waals surface area contributed by atoms with Crippen molar-refractivity contribution in [2.45, 2.75) is 26.3 Å². The molecule has 1 aromatic carbocycles. The molecule has 3 nitrogen and oxygen atoms in total. The Bertz CT molecular complexity index is 368. The van der Waals surface area contributed by atoms with Gasteiger partial charge in [-0.1, -0.05) is 44.2 Å². The summed E-state index contributed by atoms with van der Waals surface area (Å²) in [5.41, 5.74) is 0.936. The maximum absolute atomic E-state index is 11.8. The lowest BCUT2D eigenvalue weighted by Crippen LogP contribution is -2.32. The van der Waals surface area contributed by atoms with Crippen LogP contribution in [-0.2, 0) is 4.79 Å². The van der Waals surface area contributed by atoms with Gasteiger partial charge in [0.15, 0.2) is 0 Å². The molecule has 4 heteroatoms. The van der Waals surface area contributed by atoms with Crippen molar-refractivity contribution in [2.75, 3.05) is 18.1 Å². The van der Waals surface area contributed by atoms with Crippen LogP contribution < -0.4 is 5.32 Å². The minimum Gasteiger partial charge on any atom is -0.394 e. The summed E-state index contributed by atoms with van der Waals surface area (Å²) < 4.78 is 0. The summed E-state index contributed by atoms with van der Waals surface area (Å²) in [6, 6.07) is 9.24. The Morgan fingerprint density at radius 1 is 1.32 bits per heavy atom. The van der Waals surface area contributed by atoms with Gasteiger partial charge in [-0.3, -0.25) is 4.79 Å². The first-order valence-electron chi connectivity index (χ1n) is 6.66. The molecular weight excluding hydrogens is 258 g/mol. The van der Waals surface area contributed by atoms with Crippen LogP contribution in [0.4, 0.5) is 0 Å². The fraction of sp³-hybridized carbons (Fsp3) is 0.533. The Kier molecular flexibility index (Phi) is 7.60. The number of carbonyl (C=O) groups is 1. The highest BCUT2D eigenvalue weighted by molar-refractivity contribution is 7.99. The average Bonchev–Trinajstić information content (AvgIpc) is 2.41. The summed E-state index contributed by atoms with van der Waals surface area (Å²) in [6.45, 7) is 4.28. The van der Waals surface area contributed by atoms with Crippen molar-refractivity contribution in [3.8, 4) is 0 Å². The predicted octanol–water partition coefficient (Wildman–Crippen LogP) is 2.62. The summed E-state index contributed by atoms with van der Waals surface area (Å²) >= 11 is 1.64. The van der Waals surface area contributed by atoms with Crippen molar-refractivity contribution in [1.82, 2.24) is 5.32 Å². The molecule has 0 aliphatic carbocycles. The van der Waals surface area contributed by atoms with Gasteiger partial charge >= 0.3 is 0 Å². The van der Waals surface area contributed by atoms with Crippen molar-refractivity contribution in [2.24, 2.45) is 5.92 Å². The molecule has 2 N–H and O–H groups in total. The molecule has 106 valence electrons. The average molecular weight is 281 g/mol. The van der Waals surface area contributed by atoms with Crippen molar-refractivity contribution >= 4 is 17.7 Å². The van der Waals surface area contributed by atoms with Crippen LogP contribution in [0.1, 0.15) is 31.9 Å². The fourth-order valence-electron chi connectivity index (χ4n) is 1.64. The Morgan fingerprint density at radius 2 is 2.00 bits per heavy atom. The van der Waals surface area contributed by atoms with Crippen molar-refractivity contribution in [1.29, 1.82) is 0 Å². The van der Waals surface area contributed by atoms with E-state index in [-0.39, 0.29) is 18.6 Å². The molecule has 0 heterocycles. The lowest BCUT2D eigenvalue weighted by Gasteiger charge is -2.16. The molecule has 0 aliphatic heterocycles. The van der Waals surface area contributed by atoms with E-state index in [2.05, 4.69) is 19.2 Å². The van der Waals surface area contributed by atoms with Crippen LogP contribution in [0.2, 0.25) is 0 Å². The largest absolute Gasteiger partial charge is 0.394 e. The van der Waals surface area contributed by atoms with Crippen molar-refractivity contribution in [3.05, 3.63) is 35.9 Å². The van der Waals surface area contributed by atoms with Crippen LogP contribution >= 0.6 is 11.8 Å². The first-order chi connectivity index (χ1) is 9.13. The molecule has 0 unspecified atom stereocenters. The lowest BCUT2D eigenvalue weighted by atomic mass is 10.1. The molecule has 1 atom stereocenters. The van der Waals surface area contributed by atoms with Crippen LogP contribution in [-0.4, -0.2) is 29.1 Å². The highest BCUT2D eigenvalue weighted by Crippen LogP contribution is 2.13. The molecule has 0 spiro atoms. The number of hydrogen-bond acceptors (Lipinski definition) is 3. The van der Waals surface area contributed by atoms with E-state index >= 15 is 0 Å². The molecule has 0 aliphatic rings. The molecule has 0 radical (unpaired) electrons. The monoisotopic (exact) mass is 281 g/mol. The van der Waals surface area contributed by atoms with Gasteiger partial charge in [0.25, 0.3) is 0 Å². The number of aliphatic hydroxyl groups excluding tert-OH is 1. The van der Waals surface area contributed by atoms with Gasteiger partial charge in [-0.25, -0.2) is 0 Å². The summed E-state index contributed by atoms with van der Waals surface area (Å²) in [5, 5.41) is 12.2. The SMILES string of the molecule is CC(C)CCSCC(=O)N[C@H](CO)c1ccccc1. The number of benzene rings is 1. The van der Waals surface area contributed by atoms with Gasteiger partial charge in [0, 0.05) is 0 Å². The highest BCUT2D eigenvalue weighted by Gasteiger charge is 2.12. The predicted molar refractivity (Wildman–Crippen MR) is 81.2 cm³/mol. The quantitative estimate of drug-likeness (QED) is 0.720. The molecule has 0 saturated heterocycles. The van der Waals surface area contributed by atoms with E-state index in [1.54, 1.807) is 11.8 Å². The zero-order valence-electron chi connectivity index (χ0n) is 11.6. The van der Waals surface area contributed by atoms with Crippen LogP contribution in [0.3, 0.4) is 0 Å². The van der Waals surface area contributed by atoms with Gasteiger partial charge in [-0.2, -0.15) is 11.8 Å². The Morgan fingerprint density at radius 3 is 2.58 bits per heavy atom. The molecule has 1 rings (SSSR count). The van der Waals surface area contributed by atoms with E-state index in [1.807, 2.05) is 30.3 Å². The van der Waals surface area contributed by atoms with Crippen LogP contribution in [0.5, 0.6) is 0 Å². The number of nitrogens with one attached hydrogen (secondary N) is 1. The van der Waals surface area contributed by atoms with Crippen LogP contribution in [0.15, 0.2) is 30.3 Å². The number of rotatable bonds is 8. The minimum atomic E-state index is -0.306. The van der Waals surface area contributed by atoms with Gasteiger partial charge in [0.1, 0.15) is 0 Å². The minimum absolute atomic E-state index is 0.0170. The molecule has 1 aromatic rings. The van der Waals surface area contributed by atoms with Gasteiger partial charge in [-0.15, -0.1) is 0 Å². The van der Waals surface area contributed by atoms with E-state index in [9.17, 15) is 9.90 Å². The summed E-state index contributed by atoms with van der Waals surface area (Å²) in [7, 11) is 0. The third-order valence-electron chi connectivity index (χ3n) is 2.79. The Hall–Kier alpha value is -1.00. The van der Waals surface area contributed by atoms with E-state index in [4.69, 9.17) is 0 Å². The molecule has 0 bridgehead atoms. The number of carbonyl (C=O) groups excluding carboxylic acids is 1. The second-order valence-corrected chi connectivity index (χ2v) is 6.05. The molecule has 1 amide bonds. The van der Waals surface area contributed by atoms with Gasteiger partial charge in [-0.05, 0) is 23.7 Å². The van der Waals surface area contributed by atoms with E-state index in [0.717, 1.165) is 17.7 Å². The van der Waals surface area contributed by atoms with Crippen LogP contribution in [0, 0.1) is 5.92 Å². The smallest absolute Gasteiger partial charge is 0.230 e. The van der Waals surface area contributed by atoms with E-state index < -0.39 is 0 Å². The maximum atomic E-state index is 11.8. The standard InChI is InChI=1S/C15H23NO2S/c1-12(2)8-9-19-11-15(18)16-14(10-17)13-6-4-3-5-7-13/h3-7,12,14,17H,8-11H2,1-2H3,(H,16,18)/t14-/m1/s1. The van der Waals surface area contributed by atoms with Gasteiger partial charge in [0.05, 0.1) is 18.4 Å². The zero-order valence-corrected chi connectivity index (χ0v) is 12.5. The van der Waals surface area contributed by atoms with Crippen LogP contribution in [0.25, 0.3) is 0 Å². The van der Waals surface area contributed by atoms with Gasteiger partial charge in [0.2, 0.25) is 5.91 Å². The molecule has 0 aromatic heterocycles. The summed E-state index contributed by atoms with van der Waals surface area (Å²) in [4.78, 5) is 11.8. The lowest BCUT2D eigenvalue weighted by molar-refractivity contribution is -0.119. The maximum Gasteiger partial charge on any atom is 0.230 e. The highest BCUT2D eigenvalue weighted by atomic mass is 32.2. The summed E-state index contributed by atoms with van der Waals surface area (Å²) in [5.74, 6) is 2.11. The first kappa shape index (κ1) is 16.1. The fourth-order valence-corrected chi connectivity index (χ4v) is 2.69. The molecule has 19 heavy (non-hydrogen) atoms. The molecular formula is C15H23NO2S. The second kappa shape index (κ2) is 8.99. The normalized spacial score (nSPS) is 12.4. The number of hydrogen-bond donors (Lipinski definition) is 2. The van der Waals surface area contributed by atoms with Crippen molar-refractivity contribution < 1.29 is 9.90 Å². The summed E-state index contributed by atoms with van der Waals surface area (Å²) in [6.07, 6.45) is 1.13. The van der Waals surface area contributed by atoms with Crippen molar-refractivity contribution in [3.63, 3.8) is 0 Å². The van der Waals surface area contributed by atoms with E-state index in [0.29, 0.717) is 11.7 Å².